The molecule has 0 amide bonds. The van der Waals surface area contributed by atoms with Gasteiger partial charge in [0.25, 0.3) is 0 Å². The fraction of sp³-hybridized carbons (Fsp3) is 0.391. The maximum absolute atomic E-state index is 14.0. The average molecular weight is 509 g/mol. The molecule has 2 saturated heterocycles. The number of fused-ring (bicyclic) bond motifs is 2. The third kappa shape index (κ3) is 4.95. The van der Waals surface area contributed by atoms with Gasteiger partial charge in [-0.2, -0.15) is 11.8 Å². The van der Waals surface area contributed by atoms with Gasteiger partial charge in [-0.3, -0.25) is 0 Å². The quantitative estimate of drug-likeness (QED) is 0.476. The third-order valence-corrected chi connectivity index (χ3v) is 5.81. The lowest BCUT2D eigenvalue weighted by Gasteiger charge is -2.21. The van der Waals surface area contributed by atoms with Crippen molar-refractivity contribution in [3.8, 4) is 11.5 Å². The molecule has 0 spiro atoms. The van der Waals surface area contributed by atoms with Crippen LogP contribution in [-0.2, 0) is 9.47 Å². The van der Waals surface area contributed by atoms with Gasteiger partial charge < -0.3 is 30.0 Å². The Morgan fingerprint density at radius 2 is 2.03 bits per heavy atom. The van der Waals surface area contributed by atoms with Gasteiger partial charge >= 0.3 is 0 Å². The van der Waals surface area contributed by atoms with Crippen molar-refractivity contribution < 1.29 is 23.3 Å². The molecule has 34 heavy (non-hydrogen) atoms. The topological polar surface area (TPSA) is 101 Å². The van der Waals surface area contributed by atoms with E-state index in [4.69, 9.17) is 36.3 Å². The van der Waals surface area contributed by atoms with Gasteiger partial charge in [-0.05, 0) is 37.1 Å². The highest BCUT2D eigenvalue weighted by atomic mass is 35.5. The summed E-state index contributed by atoms with van der Waals surface area (Å²) in [6.45, 7) is 1.00. The number of thioether (sulfide) groups is 1. The van der Waals surface area contributed by atoms with E-state index in [9.17, 15) is 4.39 Å². The lowest BCUT2D eigenvalue weighted by Crippen LogP contribution is -2.32. The molecule has 182 valence electrons. The number of methoxy groups -OCH3 is 1. The van der Waals surface area contributed by atoms with Crippen LogP contribution in [0.15, 0.2) is 30.6 Å². The Morgan fingerprint density at radius 1 is 1.24 bits per heavy atom. The molecule has 2 aromatic carbocycles. The molecule has 3 N–H and O–H groups in total. The van der Waals surface area contributed by atoms with Crippen molar-refractivity contribution in [2.45, 2.75) is 24.7 Å². The molecule has 8 nitrogen and oxygen atoms in total. The first-order valence-corrected chi connectivity index (χ1v) is 12.6. The van der Waals surface area contributed by atoms with Gasteiger partial charge in [0.2, 0.25) is 0 Å². The average Bonchev–Trinajstić information content (AvgIpc) is 3.41. The lowest BCUT2D eigenvalue weighted by molar-refractivity contribution is 0.0310. The summed E-state index contributed by atoms with van der Waals surface area (Å²) >= 11 is 8.28. The van der Waals surface area contributed by atoms with Crippen molar-refractivity contribution in [2.24, 2.45) is 0 Å². The number of hydrogen-bond donors (Lipinski definition) is 2. The number of halogens is 2. The second-order valence-corrected chi connectivity index (χ2v) is 8.95. The molecule has 1 unspecified atom stereocenters. The van der Waals surface area contributed by atoms with Crippen molar-refractivity contribution in [3.05, 3.63) is 41.4 Å². The largest absolute Gasteiger partial charge is 0.493 e. The SMILES string of the molecule is COc1c(N)cc2ncnc(Nc3ccc(F)cc3OC3CO[C@@H]4CCO[C@H]34)c2c1Cl.CSC. The van der Waals surface area contributed by atoms with E-state index in [1.807, 2.05) is 12.5 Å². The van der Waals surface area contributed by atoms with Crippen LogP contribution in [0.3, 0.4) is 0 Å². The van der Waals surface area contributed by atoms with Gasteiger partial charge in [-0.1, -0.05) is 11.6 Å². The molecular formula is C23H26ClFN4O4S. The molecule has 2 fully saturated rings. The van der Waals surface area contributed by atoms with Crippen LogP contribution in [0, 0.1) is 5.82 Å². The molecule has 0 aliphatic carbocycles. The van der Waals surface area contributed by atoms with Gasteiger partial charge in [-0.25, -0.2) is 14.4 Å². The summed E-state index contributed by atoms with van der Waals surface area (Å²) in [5, 5.41) is 3.98. The zero-order chi connectivity index (χ0) is 24.2. The number of aromatic nitrogens is 2. The minimum Gasteiger partial charge on any atom is -0.493 e. The van der Waals surface area contributed by atoms with Crippen LogP contribution in [0.1, 0.15) is 6.42 Å². The van der Waals surface area contributed by atoms with E-state index in [0.717, 1.165) is 6.42 Å². The number of nitrogens with zero attached hydrogens (tertiary/aromatic N) is 2. The van der Waals surface area contributed by atoms with Crippen molar-refractivity contribution >= 4 is 51.5 Å². The number of benzene rings is 2. The normalized spacial score (nSPS) is 21.0. The Kier molecular flexibility index (Phi) is 7.82. The first-order valence-electron chi connectivity index (χ1n) is 10.6. The van der Waals surface area contributed by atoms with Gasteiger partial charge in [0, 0.05) is 12.7 Å². The first-order chi connectivity index (χ1) is 16.5. The summed E-state index contributed by atoms with van der Waals surface area (Å²) in [6, 6.07) is 5.87. The number of nitrogens with one attached hydrogen (secondary N) is 1. The van der Waals surface area contributed by atoms with E-state index in [2.05, 4.69) is 15.3 Å². The Bertz CT molecular complexity index is 1170. The summed E-state index contributed by atoms with van der Waals surface area (Å²) in [4.78, 5) is 8.56. The Hall–Kier alpha value is -2.53. The van der Waals surface area contributed by atoms with E-state index in [1.54, 1.807) is 23.9 Å². The summed E-state index contributed by atoms with van der Waals surface area (Å²) < 4.78 is 36.9. The van der Waals surface area contributed by atoms with Crippen LogP contribution < -0.4 is 20.5 Å². The van der Waals surface area contributed by atoms with E-state index in [-0.39, 0.29) is 23.3 Å². The highest BCUT2D eigenvalue weighted by molar-refractivity contribution is 7.97. The van der Waals surface area contributed by atoms with Crippen LogP contribution in [0.25, 0.3) is 10.9 Å². The summed E-state index contributed by atoms with van der Waals surface area (Å²) in [5.41, 5.74) is 7.41. The monoisotopic (exact) mass is 508 g/mol. The van der Waals surface area contributed by atoms with Gasteiger partial charge in [0.05, 0.1) is 47.1 Å². The van der Waals surface area contributed by atoms with Crippen molar-refractivity contribution in [1.29, 1.82) is 0 Å². The second kappa shape index (κ2) is 10.8. The minimum absolute atomic E-state index is 0.0116. The predicted octanol–water partition coefficient (Wildman–Crippen LogP) is 4.67. The number of nitrogen functional groups attached to an aromatic ring is 1. The standard InChI is InChI=1S/C21H20ClFN4O4.C2H6S/c1-28-19-11(24)7-13-17(18(19)22)21(26-9-25-13)27-12-3-2-10(23)6-15(12)31-16-8-30-14-4-5-29-20(14)16;1-3-2/h2-3,6-7,9,14,16,20H,4-5,8,24H2,1H3,(H,25,26,27);1-2H3/t14-,16?,20+;/m1./s1. The van der Waals surface area contributed by atoms with Crippen LogP contribution in [-0.4, -0.2) is 61.1 Å². The summed E-state index contributed by atoms with van der Waals surface area (Å²) in [5.74, 6) is 0.621. The fourth-order valence-corrected chi connectivity index (χ4v) is 4.37. The maximum Gasteiger partial charge on any atom is 0.161 e. The Morgan fingerprint density at radius 3 is 2.79 bits per heavy atom. The van der Waals surface area contributed by atoms with Crippen LogP contribution >= 0.6 is 23.4 Å². The van der Waals surface area contributed by atoms with E-state index >= 15 is 0 Å². The number of rotatable bonds is 5. The van der Waals surface area contributed by atoms with Gasteiger partial charge in [0.1, 0.15) is 29.8 Å². The van der Waals surface area contributed by atoms with Crippen molar-refractivity contribution in [1.82, 2.24) is 9.97 Å². The van der Waals surface area contributed by atoms with Crippen LogP contribution in [0.4, 0.5) is 21.6 Å². The fourth-order valence-electron chi connectivity index (χ4n) is 4.00. The molecule has 0 bridgehead atoms. The summed E-state index contributed by atoms with van der Waals surface area (Å²) in [6.07, 6.45) is 5.81. The van der Waals surface area contributed by atoms with Crippen LogP contribution in [0.2, 0.25) is 5.02 Å². The maximum atomic E-state index is 14.0. The lowest BCUT2D eigenvalue weighted by atomic mass is 10.1. The Balaban J connectivity index is 0.000000868. The smallest absolute Gasteiger partial charge is 0.161 e. The van der Waals surface area contributed by atoms with Gasteiger partial charge in [-0.15, -0.1) is 0 Å². The van der Waals surface area contributed by atoms with Gasteiger partial charge in [0.15, 0.2) is 11.9 Å². The molecule has 1 aromatic heterocycles. The number of nitrogens with two attached hydrogens (primary N) is 1. The molecule has 5 rings (SSSR count). The van der Waals surface area contributed by atoms with Crippen molar-refractivity contribution in [3.63, 3.8) is 0 Å². The minimum atomic E-state index is -0.427. The third-order valence-electron chi connectivity index (χ3n) is 5.45. The van der Waals surface area contributed by atoms with Crippen LogP contribution in [0.5, 0.6) is 11.5 Å². The zero-order valence-corrected chi connectivity index (χ0v) is 20.6. The molecule has 2 aliphatic rings. The first kappa shape index (κ1) is 24.6. The number of anilines is 3. The molecule has 2 aliphatic heterocycles. The molecular weight excluding hydrogens is 483 g/mol. The second-order valence-electron chi connectivity index (χ2n) is 7.76. The van der Waals surface area contributed by atoms with E-state index < -0.39 is 5.82 Å². The summed E-state index contributed by atoms with van der Waals surface area (Å²) in [7, 11) is 1.48. The molecule has 11 heteroatoms. The van der Waals surface area contributed by atoms with E-state index in [0.29, 0.717) is 52.8 Å². The predicted molar refractivity (Wildman–Crippen MR) is 133 cm³/mol. The molecule has 3 heterocycles. The molecule has 3 aromatic rings. The Labute approximate surface area is 206 Å². The van der Waals surface area contributed by atoms with Crippen molar-refractivity contribution in [2.75, 3.05) is 43.9 Å². The molecule has 0 saturated carbocycles. The highest BCUT2D eigenvalue weighted by Crippen LogP contribution is 2.41. The number of ether oxygens (including phenoxy) is 4. The molecule has 0 radical (unpaired) electrons. The highest BCUT2D eigenvalue weighted by Gasteiger charge is 2.43. The molecule has 3 atom stereocenters. The van der Waals surface area contributed by atoms with E-state index in [1.165, 1.54) is 25.6 Å². The number of hydrogen-bond acceptors (Lipinski definition) is 9. The zero-order valence-electron chi connectivity index (χ0n) is 19.0.